The molecule has 0 aromatic heterocycles. The third-order valence-corrected chi connectivity index (χ3v) is 3.14. The van der Waals surface area contributed by atoms with E-state index in [0.717, 1.165) is 6.42 Å². The van der Waals surface area contributed by atoms with Gasteiger partial charge in [0.25, 0.3) is 0 Å². The summed E-state index contributed by atoms with van der Waals surface area (Å²) in [6.07, 6.45) is 1.42. The number of carbonyl (C=O) groups is 2. The first-order valence-electron chi connectivity index (χ1n) is 6.46. The Morgan fingerprint density at radius 3 is 2.44 bits per heavy atom. The van der Waals surface area contributed by atoms with Gasteiger partial charge in [0.15, 0.2) is 0 Å². The van der Waals surface area contributed by atoms with Crippen molar-refractivity contribution in [2.75, 3.05) is 19.8 Å². The number of hydrogen-bond donors (Lipinski definition) is 2. The SMILES string of the molecule is CC[C@H](C)C(=O)NCCOCCC(C)(C)C(N)=O. The minimum absolute atomic E-state index is 0.0406. The molecule has 0 bridgehead atoms. The molecule has 0 heterocycles. The maximum atomic E-state index is 11.4. The molecule has 0 fully saturated rings. The van der Waals surface area contributed by atoms with Crippen molar-refractivity contribution in [1.29, 1.82) is 0 Å². The minimum Gasteiger partial charge on any atom is -0.380 e. The highest BCUT2D eigenvalue weighted by Crippen LogP contribution is 2.18. The van der Waals surface area contributed by atoms with Crippen molar-refractivity contribution in [3.63, 3.8) is 0 Å². The molecule has 2 amide bonds. The van der Waals surface area contributed by atoms with Gasteiger partial charge < -0.3 is 15.8 Å². The quantitative estimate of drug-likeness (QED) is 0.607. The van der Waals surface area contributed by atoms with Crippen molar-refractivity contribution < 1.29 is 14.3 Å². The van der Waals surface area contributed by atoms with Crippen molar-refractivity contribution in [2.24, 2.45) is 17.1 Å². The zero-order valence-electron chi connectivity index (χ0n) is 11.9. The standard InChI is InChI=1S/C13H26N2O3/c1-5-10(2)11(16)15-7-9-18-8-6-13(3,4)12(14)17/h10H,5-9H2,1-4H3,(H2,14,17)(H,15,16)/t10-/m0/s1. The lowest BCUT2D eigenvalue weighted by Crippen LogP contribution is -2.34. The maximum absolute atomic E-state index is 11.4. The van der Waals surface area contributed by atoms with Crippen LogP contribution in [0.2, 0.25) is 0 Å². The third kappa shape index (κ3) is 6.59. The molecule has 0 spiro atoms. The molecule has 0 saturated carbocycles. The van der Waals surface area contributed by atoms with E-state index in [1.807, 2.05) is 13.8 Å². The lowest BCUT2D eigenvalue weighted by Gasteiger charge is -2.19. The van der Waals surface area contributed by atoms with Gasteiger partial charge >= 0.3 is 0 Å². The molecule has 0 rings (SSSR count). The fraction of sp³-hybridized carbons (Fsp3) is 0.846. The smallest absolute Gasteiger partial charge is 0.223 e. The normalized spacial score (nSPS) is 13.1. The number of nitrogens with two attached hydrogens (primary N) is 1. The van der Waals surface area contributed by atoms with Crippen LogP contribution in [-0.4, -0.2) is 31.6 Å². The average Bonchev–Trinajstić information content (AvgIpc) is 2.31. The van der Waals surface area contributed by atoms with Crippen LogP contribution < -0.4 is 11.1 Å². The minimum atomic E-state index is -0.542. The van der Waals surface area contributed by atoms with E-state index in [2.05, 4.69) is 5.32 Å². The summed E-state index contributed by atoms with van der Waals surface area (Å²) in [6, 6.07) is 0. The molecule has 5 nitrogen and oxygen atoms in total. The molecule has 3 N–H and O–H groups in total. The lowest BCUT2D eigenvalue weighted by molar-refractivity contribution is -0.126. The third-order valence-electron chi connectivity index (χ3n) is 3.14. The van der Waals surface area contributed by atoms with Crippen LogP contribution in [0.3, 0.4) is 0 Å². The van der Waals surface area contributed by atoms with Crippen LogP contribution in [0.25, 0.3) is 0 Å². The number of carbonyl (C=O) groups excluding carboxylic acids is 2. The number of nitrogens with one attached hydrogen (secondary N) is 1. The Morgan fingerprint density at radius 2 is 1.94 bits per heavy atom. The van der Waals surface area contributed by atoms with Gasteiger partial charge in [-0.15, -0.1) is 0 Å². The fourth-order valence-corrected chi connectivity index (χ4v) is 1.16. The van der Waals surface area contributed by atoms with Gasteiger partial charge in [-0.05, 0) is 12.8 Å². The zero-order valence-corrected chi connectivity index (χ0v) is 11.9. The summed E-state index contributed by atoms with van der Waals surface area (Å²) >= 11 is 0. The van der Waals surface area contributed by atoms with Gasteiger partial charge in [0.2, 0.25) is 11.8 Å². The number of rotatable bonds is 9. The zero-order chi connectivity index (χ0) is 14.2. The second kappa shape index (κ2) is 8.08. The van der Waals surface area contributed by atoms with Crippen LogP contribution >= 0.6 is 0 Å². The molecule has 18 heavy (non-hydrogen) atoms. The van der Waals surface area contributed by atoms with Gasteiger partial charge in [-0.3, -0.25) is 9.59 Å². The van der Waals surface area contributed by atoms with Crippen LogP contribution in [0.15, 0.2) is 0 Å². The lowest BCUT2D eigenvalue weighted by atomic mass is 9.89. The molecule has 106 valence electrons. The summed E-state index contributed by atoms with van der Waals surface area (Å²) in [4.78, 5) is 22.5. The van der Waals surface area contributed by atoms with Crippen LogP contribution in [0.5, 0.6) is 0 Å². The summed E-state index contributed by atoms with van der Waals surface area (Å²) in [5.74, 6) is -0.228. The summed E-state index contributed by atoms with van der Waals surface area (Å²) in [5, 5.41) is 2.80. The van der Waals surface area contributed by atoms with Gasteiger partial charge in [0.05, 0.1) is 6.61 Å². The van der Waals surface area contributed by atoms with Crippen LogP contribution in [0, 0.1) is 11.3 Å². The van der Waals surface area contributed by atoms with Gasteiger partial charge in [-0.1, -0.05) is 27.7 Å². The molecule has 0 radical (unpaired) electrons. The molecule has 0 aliphatic carbocycles. The van der Waals surface area contributed by atoms with Crippen LogP contribution in [-0.2, 0) is 14.3 Å². The van der Waals surface area contributed by atoms with Gasteiger partial charge in [0, 0.05) is 24.5 Å². The number of ether oxygens (including phenoxy) is 1. The molecular formula is C13H26N2O3. The van der Waals surface area contributed by atoms with E-state index in [4.69, 9.17) is 10.5 Å². The topological polar surface area (TPSA) is 81.4 Å². The first kappa shape index (κ1) is 16.9. The van der Waals surface area contributed by atoms with Crippen LogP contribution in [0.1, 0.15) is 40.5 Å². The molecule has 0 aromatic rings. The van der Waals surface area contributed by atoms with Crippen molar-refractivity contribution in [3.8, 4) is 0 Å². The molecule has 0 aromatic carbocycles. The summed E-state index contributed by atoms with van der Waals surface area (Å²) in [6.45, 7) is 8.89. The monoisotopic (exact) mass is 258 g/mol. The van der Waals surface area contributed by atoms with Gasteiger partial charge in [0.1, 0.15) is 0 Å². The Balaban J connectivity index is 3.58. The molecule has 0 aliphatic rings. The summed E-state index contributed by atoms with van der Waals surface area (Å²) in [7, 11) is 0. The molecule has 0 aliphatic heterocycles. The summed E-state index contributed by atoms with van der Waals surface area (Å²) < 4.78 is 5.36. The highest BCUT2D eigenvalue weighted by atomic mass is 16.5. The number of hydrogen-bond acceptors (Lipinski definition) is 3. The Bertz CT molecular complexity index is 277. The molecule has 5 heteroatoms. The first-order valence-corrected chi connectivity index (χ1v) is 6.46. The molecule has 0 saturated heterocycles. The molecular weight excluding hydrogens is 232 g/mol. The predicted molar refractivity (Wildman–Crippen MR) is 70.9 cm³/mol. The van der Waals surface area contributed by atoms with E-state index in [1.165, 1.54) is 0 Å². The van der Waals surface area contributed by atoms with Gasteiger partial charge in [-0.2, -0.15) is 0 Å². The molecule has 0 unspecified atom stereocenters. The van der Waals surface area contributed by atoms with E-state index in [1.54, 1.807) is 13.8 Å². The van der Waals surface area contributed by atoms with Crippen molar-refractivity contribution in [3.05, 3.63) is 0 Å². The molecule has 1 atom stereocenters. The predicted octanol–water partition coefficient (Wildman–Crippen LogP) is 1.07. The first-order chi connectivity index (χ1) is 8.31. The van der Waals surface area contributed by atoms with E-state index in [-0.39, 0.29) is 17.7 Å². The van der Waals surface area contributed by atoms with E-state index >= 15 is 0 Å². The van der Waals surface area contributed by atoms with E-state index < -0.39 is 5.41 Å². The Morgan fingerprint density at radius 1 is 1.33 bits per heavy atom. The number of primary amides is 1. The largest absolute Gasteiger partial charge is 0.380 e. The van der Waals surface area contributed by atoms with Crippen molar-refractivity contribution >= 4 is 11.8 Å². The Kier molecular flexibility index (Phi) is 7.59. The highest BCUT2D eigenvalue weighted by molar-refractivity contribution is 5.79. The van der Waals surface area contributed by atoms with Crippen LogP contribution in [0.4, 0.5) is 0 Å². The van der Waals surface area contributed by atoms with Crippen molar-refractivity contribution in [2.45, 2.75) is 40.5 Å². The van der Waals surface area contributed by atoms with Gasteiger partial charge in [-0.25, -0.2) is 0 Å². The summed E-state index contributed by atoms with van der Waals surface area (Å²) in [5.41, 5.74) is 4.71. The second-order valence-electron chi connectivity index (χ2n) is 5.21. The Hall–Kier alpha value is -1.10. The van der Waals surface area contributed by atoms with E-state index in [0.29, 0.717) is 26.2 Å². The fourth-order valence-electron chi connectivity index (χ4n) is 1.16. The average molecular weight is 258 g/mol. The highest BCUT2D eigenvalue weighted by Gasteiger charge is 2.24. The maximum Gasteiger partial charge on any atom is 0.223 e. The Labute approximate surface area is 109 Å². The second-order valence-corrected chi connectivity index (χ2v) is 5.21. The van der Waals surface area contributed by atoms with E-state index in [9.17, 15) is 9.59 Å². The number of amides is 2. The van der Waals surface area contributed by atoms with Crippen molar-refractivity contribution in [1.82, 2.24) is 5.32 Å².